The molecule has 14 heavy (non-hydrogen) atoms. The number of hydrogen-bond donors (Lipinski definition) is 1. The predicted octanol–water partition coefficient (Wildman–Crippen LogP) is 2.30. The summed E-state index contributed by atoms with van der Waals surface area (Å²) in [5.74, 6) is 0.462. The summed E-state index contributed by atoms with van der Waals surface area (Å²) in [5.41, 5.74) is 0.977. The molecule has 0 aliphatic heterocycles. The molecule has 1 saturated carbocycles. The summed E-state index contributed by atoms with van der Waals surface area (Å²) in [6, 6.07) is 0.377. The zero-order valence-corrected chi connectivity index (χ0v) is 8.85. The van der Waals surface area contributed by atoms with Crippen molar-refractivity contribution in [2.45, 2.75) is 45.3 Å². The third-order valence-corrected chi connectivity index (χ3v) is 3.15. The van der Waals surface area contributed by atoms with Crippen LogP contribution in [0.2, 0.25) is 0 Å². The highest BCUT2D eigenvalue weighted by atomic mass is 16.3. The van der Waals surface area contributed by atoms with Gasteiger partial charge in [0.25, 0.3) is 0 Å². The van der Waals surface area contributed by atoms with Gasteiger partial charge in [0.15, 0.2) is 0 Å². The van der Waals surface area contributed by atoms with Crippen LogP contribution in [0, 0.1) is 5.92 Å². The van der Waals surface area contributed by atoms with Crippen molar-refractivity contribution in [3.8, 4) is 0 Å². The summed E-state index contributed by atoms with van der Waals surface area (Å²) < 4.78 is 2.06. The highest BCUT2D eigenvalue weighted by Gasteiger charge is 2.29. The van der Waals surface area contributed by atoms with Gasteiger partial charge in [-0.05, 0) is 32.6 Å². The van der Waals surface area contributed by atoms with E-state index in [0.717, 1.165) is 18.5 Å². The van der Waals surface area contributed by atoms with Crippen molar-refractivity contribution in [2.75, 3.05) is 0 Å². The summed E-state index contributed by atoms with van der Waals surface area (Å²) in [4.78, 5) is 4.11. The van der Waals surface area contributed by atoms with Crippen LogP contribution in [-0.4, -0.2) is 14.7 Å². The maximum atomic E-state index is 10.1. The van der Waals surface area contributed by atoms with Gasteiger partial charge in [0.1, 0.15) is 0 Å². The normalized spacial score (nSPS) is 19.7. The Morgan fingerprint density at radius 3 is 2.71 bits per heavy atom. The minimum absolute atomic E-state index is 0.311. The number of aliphatic hydroxyl groups is 1. The van der Waals surface area contributed by atoms with Crippen LogP contribution in [0.15, 0.2) is 12.5 Å². The molecule has 0 aromatic carbocycles. The lowest BCUT2D eigenvalue weighted by Gasteiger charge is -2.31. The summed E-state index contributed by atoms with van der Waals surface area (Å²) >= 11 is 0. The fourth-order valence-electron chi connectivity index (χ4n) is 1.97. The molecule has 1 atom stereocenters. The lowest BCUT2D eigenvalue weighted by atomic mass is 9.80. The molecular formula is C11H18N2O. The van der Waals surface area contributed by atoms with E-state index in [9.17, 15) is 5.11 Å². The summed E-state index contributed by atoms with van der Waals surface area (Å²) in [7, 11) is 0. The van der Waals surface area contributed by atoms with Crippen molar-refractivity contribution in [1.29, 1.82) is 0 Å². The molecule has 0 spiro atoms. The number of imidazole rings is 1. The van der Waals surface area contributed by atoms with E-state index in [4.69, 9.17) is 0 Å². The van der Waals surface area contributed by atoms with Crippen molar-refractivity contribution in [1.82, 2.24) is 9.55 Å². The van der Waals surface area contributed by atoms with E-state index in [1.165, 1.54) is 6.42 Å². The third kappa shape index (κ3) is 1.57. The maximum absolute atomic E-state index is 10.1. The summed E-state index contributed by atoms with van der Waals surface area (Å²) in [6.45, 7) is 4.22. The first-order valence-corrected chi connectivity index (χ1v) is 5.40. The van der Waals surface area contributed by atoms with Gasteiger partial charge in [-0.15, -0.1) is 0 Å². The Balaban J connectivity index is 2.17. The number of aromatic nitrogens is 2. The van der Waals surface area contributed by atoms with Crippen LogP contribution < -0.4 is 0 Å². The van der Waals surface area contributed by atoms with Gasteiger partial charge in [0, 0.05) is 6.04 Å². The van der Waals surface area contributed by atoms with Crippen LogP contribution in [0.25, 0.3) is 0 Å². The Labute approximate surface area is 84.8 Å². The second kappa shape index (κ2) is 3.73. The molecule has 1 unspecified atom stereocenters. The molecule has 1 aromatic rings. The van der Waals surface area contributed by atoms with E-state index in [-0.39, 0.29) is 6.10 Å². The third-order valence-electron chi connectivity index (χ3n) is 3.15. The molecule has 1 aliphatic carbocycles. The highest BCUT2D eigenvalue weighted by molar-refractivity contribution is 5.06. The molecule has 3 nitrogen and oxygen atoms in total. The number of aliphatic hydroxyl groups excluding tert-OH is 1. The summed E-state index contributed by atoms with van der Waals surface area (Å²) in [5, 5.41) is 10.1. The highest BCUT2D eigenvalue weighted by Crippen LogP contribution is 2.37. The minimum atomic E-state index is -0.311. The van der Waals surface area contributed by atoms with Gasteiger partial charge in [-0.1, -0.05) is 6.42 Å². The molecule has 0 saturated heterocycles. The Morgan fingerprint density at radius 1 is 1.50 bits per heavy atom. The Hall–Kier alpha value is -0.830. The molecule has 1 aliphatic rings. The minimum Gasteiger partial charge on any atom is -0.387 e. The molecule has 3 heteroatoms. The Morgan fingerprint density at radius 2 is 2.21 bits per heavy atom. The van der Waals surface area contributed by atoms with E-state index in [1.807, 2.05) is 6.33 Å². The average Bonchev–Trinajstić information content (AvgIpc) is 2.47. The molecule has 1 aromatic heterocycles. The molecule has 1 heterocycles. The first-order valence-electron chi connectivity index (χ1n) is 5.40. The van der Waals surface area contributed by atoms with Crippen molar-refractivity contribution < 1.29 is 5.11 Å². The SMILES string of the molecule is CC(C)n1cncc1C(O)C1CCC1. The van der Waals surface area contributed by atoms with Gasteiger partial charge >= 0.3 is 0 Å². The molecule has 0 amide bonds. The van der Waals surface area contributed by atoms with Gasteiger partial charge in [-0.2, -0.15) is 0 Å². The molecule has 78 valence electrons. The van der Waals surface area contributed by atoms with Crippen molar-refractivity contribution in [3.05, 3.63) is 18.2 Å². The lowest BCUT2D eigenvalue weighted by Crippen LogP contribution is -2.22. The monoisotopic (exact) mass is 194 g/mol. The van der Waals surface area contributed by atoms with Crippen molar-refractivity contribution in [3.63, 3.8) is 0 Å². The van der Waals surface area contributed by atoms with Crippen molar-refractivity contribution >= 4 is 0 Å². The standard InChI is InChI=1S/C11H18N2O/c1-8(2)13-7-12-6-10(13)11(14)9-4-3-5-9/h6-9,11,14H,3-5H2,1-2H3. The quantitative estimate of drug-likeness (QED) is 0.801. The molecule has 0 radical (unpaired) electrons. The maximum Gasteiger partial charge on any atom is 0.0983 e. The number of hydrogen-bond acceptors (Lipinski definition) is 2. The Bertz CT molecular complexity index is 302. The fraction of sp³-hybridized carbons (Fsp3) is 0.727. The van der Waals surface area contributed by atoms with Crippen LogP contribution in [0.4, 0.5) is 0 Å². The second-order valence-corrected chi connectivity index (χ2v) is 4.46. The number of rotatable bonds is 3. The van der Waals surface area contributed by atoms with Gasteiger partial charge in [-0.3, -0.25) is 0 Å². The van der Waals surface area contributed by atoms with Gasteiger partial charge in [0.05, 0.1) is 24.3 Å². The van der Waals surface area contributed by atoms with E-state index >= 15 is 0 Å². The van der Waals surface area contributed by atoms with Crippen molar-refractivity contribution in [2.24, 2.45) is 5.92 Å². The van der Waals surface area contributed by atoms with Gasteiger partial charge in [0.2, 0.25) is 0 Å². The van der Waals surface area contributed by atoms with E-state index in [1.54, 1.807) is 6.20 Å². The first kappa shape index (κ1) is 9.71. The smallest absolute Gasteiger partial charge is 0.0983 e. The lowest BCUT2D eigenvalue weighted by molar-refractivity contribution is 0.0549. The van der Waals surface area contributed by atoms with Crippen LogP contribution in [0.5, 0.6) is 0 Å². The van der Waals surface area contributed by atoms with Crippen LogP contribution in [0.1, 0.15) is 50.9 Å². The molecule has 0 bridgehead atoms. The zero-order chi connectivity index (χ0) is 10.1. The van der Waals surface area contributed by atoms with E-state index in [2.05, 4.69) is 23.4 Å². The molecule has 2 rings (SSSR count). The second-order valence-electron chi connectivity index (χ2n) is 4.46. The van der Waals surface area contributed by atoms with Gasteiger partial charge < -0.3 is 9.67 Å². The van der Waals surface area contributed by atoms with Crippen LogP contribution in [0.3, 0.4) is 0 Å². The first-order chi connectivity index (χ1) is 6.70. The van der Waals surface area contributed by atoms with Crippen LogP contribution in [-0.2, 0) is 0 Å². The fourth-order valence-corrected chi connectivity index (χ4v) is 1.97. The summed E-state index contributed by atoms with van der Waals surface area (Å²) in [6.07, 6.45) is 6.87. The molecule has 1 N–H and O–H groups in total. The zero-order valence-electron chi connectivity index (χ0n) is 8.85. The number of nitrogens with zero attached hydrogens (tertiary/aromatic N) is 2. The average molecular weight is 194 g/mol. The van der Waals surface area contributed by atoms with Crippen LogP contribution >= 0.6 is 0 Å². The molecular weight excluding hydrogens is 176 g/mol. The van der Waals surface area contributed by atoms with E-state index in [0.29, 0.717) is 12.0 Å². The molecule has 1 fully saturated rings. The topological polar surface area (TPSA) is 38.0 Å². The largest absolute Gasteiger partial charge is 0.387 e. The Kier molecular flexibility index (Phi) is 2.59. The van der Waals surface area contributed by atoms with E-state index < -0.39 is 0 Å². The van der Waals surface area contributed by atoms with Gasteiger partial charge in [-0.25, -0.2) is 4.98 Å². The predicted molar refractivity (Wildman–Crippen MR) is 54.9 cm³/mol.